The predicted molar refractivity (Wildman–Crippen MR) is 63.1 cm³/mol. The Morgan fingerprint density at radius 1 is 1.67 bits per heavy atom. The van der Waals surface area contributed by atoms with Crippen LogP contribution in [0.5, 0.6) is 0 Å². The van der Waals surface area contributed by atoms with Crippen LogP contribution in [0.2, 0.25) is 0 Å². The van der Waals surface area contributed by atoms with Gasteiger partial charge in [0, 0.05) is 25.0 Å². The minimum absolute atomic E-state index is 0.120. The largest absolute Gasteiger partial charge is 0.310 e. The highest BCUT2D eigenvalue weighted by Gasteiger charge is 2.30. The highest BCUT2D eigenvalue weighted by molar-refractivity contribution is 9.10. The van der Waals surface area contributed by atoms with Gasteiger partial charge in [-0.05, 0) is 34.0 Å². The lowest BCUT2D eigenvalue weighted by Gasteiger charge is -2.17. The van der Waals surface area contributed by atoms with Crippen LogP contribution in [0.1, 0.15) is 6.42 Å². The zero-order valence-corrected chi connectivity index (χ0v) is 10.3. The molecule has 0 saturated carbocycles. The topological polar surface area (TPSA) is 33.2 Å². The number of aromatic nitrogens is 1. The molecule has 80 valence electrons. The fourth-order valence-corrected chi connectivity index (χ4v) is 2.37. The van der Waals surface area contributed by atoms with Gasteiger partial charge < -0.3 is 4.90 Å². The summed E-state index contributed by atoms with van der Waals surface area (Å²) in [4.78, 5) is 17.6. The van der Waals surface area contributed by atoms with Gasteiger partial charge in [0.15, 0.2) is 0 Å². The summed E-state index contributed by atoms with van der Waals surface area (Å²) in [5.74, 6) is 0.903. The number of carbonyl (C=O) groups is 1. The van der Waals surface area contributed by atoms with E-state index in [0.717, 1.165) is 5.69 Å². The molecule has 1 atom stereocenters. The molecule has 2 rings (SSSR count). The Kier molecular flexibility index (Phi) is 3.26. The number of anilines is 1. The zero-order chi connectivity index (χ0) is 10.8. The molecular formula is C10H10BrClN2O. The molecule has 1 saturated heterocycles. The second kappa shape index (κ2) is 4.49. The maximum absolute atomic E-state index is 11.7. The van der Waals surface area contributed by atoms with E-state index < -0.39 is 0 Å². The van der Waals surface area contributed by atoms with Crippen LogP contribution in [0.4, 0.5) is 5.69 Å². The van der Waals surface area contributed by atoms with Crippen LogP contribution < -0.4 is 4.90 Å². The Bertz CT molecular complexity index is 385. The molecule has 1 aromatic rings. The molecule has 2 heterocycles. The van der Waals surface area contributed by atoms with Crippen molar-refractivity contribution in [1.82, 2.24) is 4.98 Å². The summed E-state index contributed by atoms with van der Waals surface area (Å²) in [5, 5.41) is 0. The number of rotatable bonds is 2. The lowest BCUT2D eigenvalue weighted by molar-refractivity contribution is -0.117. The van der Waals surface area contributed by atoms with Crippen molar-refractivity contribution in [2.24, 2.45) is 5.92 Å². The van der Waals surface area contributed by atoms with E-state index in [-0.39, 0.29) is 11.8 Å². The van der Waals surface area contributed by atoms with Crippen molar-refractivity contribution in [2.75, 3.05) is 17.3 Å². The van der Waals surface area contributed by atoms with Crippen molar-refractivity contribution in [2.45, 2.75) is 6.42 Å². The van der Waals surface area contributed by atoms with Crippen LogP contribution in [0.3, 0.4) is 0 Å². The van der Waals surface area contributed by atoms with Crippen LogP contribution in [0.15, 0.2) is 22.9 Å². The maximum atomic E-state index is 11.7. The van der Waals surface area contributed by atoms with Gasteiger partial charge in [0.2, 0.25) is 5.91 Å². The van der Waals surface area contributed by atoms with E-state index in [9.17, 15) is 4.79 Å². The SMILES string of the molecule is O=C1CC(CCl)CN1c1cccnc1Br. The van der Waals surface area contributed by atoms with E-state index in [4.69, 9.17) is 11.6 Å². The molecule has 0 bridgehead atoms. The number of hydrogen-bond acceptors (Lipinski definition) is 2. The lowest BCUT2D eigenvalue weighted by atomic mass is 10.1. The van der Waals surface area contributed by atoms with E-state index in [2.05, 4.69) is 20.9 Å². The average molecular weight is 290 g/mol. The summed E-state index contributed by atoms with van der Waals surface area (Å²) >= 11 is 9.10. The number of amides is 1. The standard InChI is InChI=1S/C10H10BrClN2O/c11-10-8(2-1-3-13-10)14-6-7(5-12)4-9(14)15/h1-3,7H,4-6H2. The first-order valence-corrected chi connectivity index (χ1v) is 6.02. The molecule has 0 N–H and O–H groups in total. The normalized spacial score (nSPS) is 21.1. The molecule has 15 heavy (non-hydrogen) atoms. The summed E-state index contributed by atoms with van der Waals surface area (Å²) in [7, 11) is 0. The van der Waals surface area contributed by atoms with Crippen molar-refractivity contribution in [3.8, 4) is 0 Å². The molecule has 0 spiro atoms. The van der Waals surface area contributed by atoms with Crippen LogP contribution in [0.25, 0.3) is 0 Å². The van der Waals surface area contributed by atoms with Crippen LogP contribution in [0, 0.1) is 5.92 Å². The van der Waals surface area contributed by atoms with Gasteiger partial charge in [-0.1, -0.05) is 0 Å². The van der Waals surface area contributed by atoms with Gasteiger partial charge in [-0.3, -0.25) is 4.79 Å². The maximum Gasteiger partial charge on any atom is 0.227 e. The first-order valence-electron chi connectivity index (χ1n) is 4.69. The Morgan fingerprint density at radius 3 is 3.07 bits per heavy atom. The van der Waals surface area contributed by atoms with Gasteiger partial charge in [0.25, 0.3) is 0 Å². The van der Waals surface area contributed by atoms with Gasteiger partial charge in [0.1, 0.15) is 4.60 Å². The van der Waals surface area contributed by atoms with E-state index in [1.165, 1.54) is 0 Å². The molecule has 1 aromatic heterocycles. The smallest absolute Gasteiger partial charge is 0.227 e. The van der Waals surface area contributed by atoms with Gasteiger partial charge >= 0.3 is 0 Å². The van der Waals surface area contributed by atoms with E-state index >= 15 is 0 Å². The quantitative estimate of drug-likeness (QED) is 0.619. The van der Waals surface area contributed by atoms with Crippen molar-refractivity contribution >= 4 is 39.1 Å². The lowest BCUT2D eigenvalue weighted by Crippen LogP contribution is -2.25. The molecule has 1 fully saturated rings. The summed E-state index contributed by atoms with van der Waals surface area (Å²) < 4.78 is 0.702. The van der Waals surface area contributed by atoms with Crippen LogP contribution in [-0.2, 0) is 4.79 Å². The van der Waals surface area contributed by atoms with Crippen molar-refractivity contribution in [3.63, 3.8) is 0 Å². The average Bonchev–Trinajstić information content (AvgIpc) is 2.60. The number of nitrogens with zero attached hydrogens (tertiary/aromatic N) is 2. The Balaban J connectivity index is 2.25. The number of halogens is 2. The van der Waals surface area contributed by atoms with Crippen molar-refractivity contribution in [1.29, 1.82) is 0 Å². The van der Waals surface area contributed by atoms with Gasteiger partial charge in [-0.2, -0.15) is 0 Å². The van der Waals surface area contributed by atoms with Crippen LogP contribution in [-0.4, -0.2) is 23.3 Å². The van der Waals surface area contributed by atoms with E-state index in [1.807, 2.05) is 12.1 Å². The minimum Gasteiger partial charge on any atom is -0.310 e. The minimum atomic E-state index is 0.120. The molecule has 1 aliphatic rings. The molecule has 0 radical (unpaired) electrons. The fraction of sp³-hybridized carbons (Fsp3) is 0.400. The Hall–Kier alpha value is -0.610. The van der Waals surface area contributed by atoms with Gasteiger partial charge in [-0.25, -0.2) is 4.98 Å². The van der Waals surface area contributed by atoms with E-state index in [1.54, 1.807) is 11.1 Å². The van der Waals surface area contributed by atoms with E-state index in [0.29, 0.717) is 23.4 Å². The third kappa shape index (κ3) is 2.16. The molecule has 1 unspecified atom stereocenters. The number of carbonyl (C=O) groups excluding carboxylic acids is 1. The summed E-state index contributed by atoms with van der Waals surface area (Å²) in [6, 6.07) is 3.70. The number of alkyl halides is 1. The number of pyridine rings is 1. The molecular weight excluding hydrogens is 279 g/mol. The Morgan fingerprint density at radius 2 is 2.47 bits per heavy atom. The van der Waals surface area contributed by atoms with Crippen molar-refractivity contribution in [3.05, 3.63) is 22.9 Å². The van der Waals surface area contributed by atoms with Crippen LogP contribution >= 0.6 is 27.5 Å². The monoisotopic (exact) mass is 288 g/mol. The molecule has 3 nitrogen and oxygen atoms in total. The summed E-state index contributed by atoms with van der Waals surface area (Å²) in [5.41, 5.74) is 0.829. The molecule has 0 aliphatic carbocycles. The second-order valence-electron chi connectivity index (χ2n) is 3.54. The van der Waals surface area contributed by atoms with Gasteiger partial charge in [0.05, 0.1) is 5.69 Å². The molecule has 1 aliphatic heterocycles. The fourth-order valence-electron chi connectivity index (χ4n) is 1.70. The first kappa shape index (κ1) is 10.9. The molecule has 1 amide bonds. The first-order chi connectivity index (χ1) is 7.22. The van der Waals surface area contributed by atoms with Gasteiger partial charge in [-0.15, -0.1) is 11.6 Å². The predicted octanol–water partition coefficient (Wildman–Crippen LogP) is 2.44. The summed E-state index contributed by atoms with van der Waals surface area (Å²) in [6.45, 7) is 0.687. The third-order valence-electron chi connectivity index (χ3n) is 2.45. The highest BCUT2D eigenvalue weighted by atomic mass is 79.9. The molecule has 5 heteroatoms. The second-order valence-corrected chi connectivity index (χ2v) is 4.60. The highest BCUT2D eigenvalue weighted by Crippen LogP contribution is 2.30. The zero-order valence-electron chi connectivity index (χ0n) is 7.99. The Labute approximate surface area is 102 Å². The number of hydrogen-bond donors (Lipinski definition) is 0. The molecule has 0 aromatic carbocycles. The van der Waals surface area contributed by atoms with Crippen molar-refractivity contribution < 1.29 is 4.79 Å². The summed E-state index contributed by atoms with van der Waals surface area (Å²) in [6.07, 6.45) is 2.22. The third-order valence-corrected chi connectivity index (χ3v) is 3.50.